The Morgan fingerprint density at radius 3 is 2.40 bits per heavy atom. The number of hydrogen-bond acceptors (Lipinski definition) is 6. The molecular formula is C34H37FN4O4S2. The Kier molecular flexibility index (Phi) is 8.03. The van der Waals surface area contributed by atoms with Crippen LogP contribution in [0.25, 0.3) is 21.8 Å². The van der Waals surface area contributed by atoms with Gasteiger partial charge in [-0.15, -0.1) is 11.3 Å². The highest BCUT2D eigenvalue weighted by Gasteiger charge is 2.31. The van der Waals surface area contributed by atoms with Gasteiger partial charge >= 0.3 is 5.97 Å². The van der Waals surface area contributed by atoms with Crippen LogP contribution in [0.2, 0.25) is 0 Å². The molecule has 4 aromatic rings. The zero-order chi connectivity index (χ0) is 31.3. The Morgan fingerprint density at radius 1 is 1.02 bits per heavy atom. The summed E-state index contributed by atoms with van der Waals surface area (Å²) in [6, 6.07) is 14.7. The van der Waals surface area contributed by atoms with E-state index in [4.69, 9.17) is 5.14 Å². The highest BCUT2D eigenvalue weighted by molar-refractivity contribution is 7.89. The zero-order valence-electron chi connectivity index (χ0n) is 25.0. The summed E-state index contributed by atoms with van der Waals surface area (Å²) in [5, 5.41) is 17.0. The summed E-state index contributed by atoms with van der Waals surface area (Å²) < 4.78 is 40.9. The maximum absolute atomic E-state index is 15.0. The lowest BCUT2D eigenvalue weighted by Crippen LogP contribution is -2.37. The van der Waals surface area contributed by atoms with Crippen molar-refractivity contribution in [1.82, 2.24) is 9.55 Å². The van der Waals surface area contributed by atoms with Gasteiger partial charge in [-0.05, 0) is 85.8 Å². The van der Waals surface area contributed by atoms with E-state index in [0.29, 0.717) is 23.0 Å². The van der Waals surface area contributed by atoms with Crippen molar-refractivity contribution >= 4 is 33.0 Å². The number of nitrogens with zero attached hydrogens (tertiary/aromatic N) is 3. The van der Waals surface area contributed by atoms with Crippen LogP contribution in [0, 0.1) is 23.6 Å². The van der Waals surface area contributed by atoms with Crippen LogP contribution in [0.15, 0.2) is 58.8 Å². The van der Waals surface area contributed by atoms with Gasteiger partial charge in [-0.3, -0.25) is 0 Å². The quantitative estimate of drug-likeness (QED) is 0.196. The number of hydrogen-bond donors (Lipinski definition) is 2. The van der Waals surface area contributed by atoms with Crippen LogP contribution >= 0.6 is 11.3 Å². The predicted octanol–water partition coefficient (Wildman–Crippen LogP) is 6.78. The smallest absolute Gasteiger partial charge is 0.355 e. The number of carboxylic acid groups (broad SMARTS) is 1. The molecule has 1 aliphatic heterocycles. The van der Waals surface area contributed by atoms with Crippen molar-refractivity contribution in [2.45, 2.75) is 62.8 Å². The van der Waals surface area contributed by atoms with Gasteiger partial charge in [-0.25, -0.2) is 27.7 Å². The van der Waals surface area contributed by atoms with Crippen molar-refractivity contribution in [2.75, 3.05) is 18.0 Å². The lowest BCUT2D eigenvalue weighted by molar-refractivity contribution is 0.0691. The highest BCUT2D eigenvalue weighted by atomic mass is 32.2. The van der Waals surface area contributed by atoms with Crippen LogP contribution in [0.4, 0.5) is 10.1 Å². The molecule has 3 heterocycles. The molecule has 0 bridgehead atoms. The SMILES string of the molecule is NS(=O)(=O)c1ccc(Cn2c(-c3cccc(N4CCC(C5CCC5)CC4)c3)cc(-c3nc(C(=O)O)cs3)c2CC2CC2)cc1F. The van der Waals surface area contributed by atoms with Gasteiger partial charge in [0.15, 0.2) is 5.69 Å². The number of aromatic nitrogens is 2. The Hall–Kier alpha value is -3.54. The first-order valence-electron chi connectivity index (χ1n) is 15.7. The number of sulfonamides is 1. The number of halogens is 1. The second-order valence-electron chi connectivity index (χ2n) is 12.8. The molecule has 0 radical (unpaired) electrons. The highest BCUT2D eigenvalue weighted by Crippen LogP contribution is 2.42. The predicted molar refractivity (Wildman–Crippen MR) is 174 cm³/mol. The number of carbonyl (C=O) groups is 1. The van der Waals surface area contributed by atoms with Crippen molar-refractivity contribution in [3.63, 3.8) is 0 Å². The topological polar surface area (TPSA) is 119 Å². The number of rotatable bonds is 10. The molecule has 7 rings (SSSR count). The summed E-state index contributed by atoms with van der Waals surface area (Å²) in [5.74, 6) is 0.291. The summed E-state index contributed by atoms with van der Waals surface area (Å²) in [6.07, 6.45) is 9.58. The Labute approximate surface area is 266 Å². The van der Waals surface area contributed by atoms with E-state index in [2.05, 4.69) is 44.8 Å². The molecule has 0 amide bonds. The van der Waals surface area contributed by atoms with E-state index in [1.807, 2.05) is 0 Å². The molecule has 0 spiro atoms. The van der Waals surface area contributed by atoms with Crippen LogP contribution in [0.3, 0.4) is 0 Å². The molecule has 0 atom stereocenters. The summed E-state index contributed by atoms with van der Waals surface area (Å²) in [4.78, 5) is 18.1. The van der Waals surface area contributed by atoms with Gasteiger partial charge < -0.3 is 14.6 Å². The molecule has 3 fully saturated rings. The molecule has 2 aliphatic carbocycles. The van der Waals surface area contributed by atoms with Crippen molar-refractivity contribution in [2.24, 2.45) is 22.9 Å². The molecule has 2 aromatic carbocycles. The van der Waals surface area contributed by atoms with Crippen LogP contribution in [-0.4, -0.2) is 42.1 Å². The Balaban J connectivity index is 1.29. The number of thiazole rings is 1. The molecule has 45 heavy (non-hydrogen) atoms. The Morgan fingerprint density at radius 2 is 1.78 bits per heavy atom. The largest absolute Gasteiger partial charge is 0.476 e. The van der Waals surface area contributed by atoms with Gasteiger partial charge in [0.25, 0.3) is 0 Å². The van der Waals surface area contributed by atoms with Crippen LogP contribution in [0.1, 0.15) is 66.7 Å². The third-order valence-electron chi connectivity index (χ3n) is 9.85. The second kappa shape index (κ2) is 12.0. The van der Waals surface area contributed by atoms with E-state index < -0.39 is 26.7 Å². The van der Waals surface area contributed by atoms with E-state index in [-0.39, 0.29) is 5.69 Å². The minimum absolute atomic E-state index is 0.00891. The molecule has 3 aliphatic rings. The van der Waals surface area contributed by atoms with Gasteiger partial charge in [0.05, 0.1) is 0 Å². The van der Waals surface area contributed by atoms with Crippen molar-refractivity contribution in [1.29, 1.82) is 0 Å². The third kappa shape index (κ3) is 6.30. The number of benzene rings is 2. The van der Waals surface area contributed by atoms with E-state index >= 15 is 0 Å². The fraction of sp³-hybridized carbons (Fsp3) is 0.412. The molecule has 236 valence electrons. The first-order chi connectivity index (χ1) is 21.6. The second-order valence-corrected chi connectivity index (χ2v) is 15.2. The number of aromatic carboxylic acids is 1. The number of nitrogens with two attached hydrogens (primary N) is 1. The van der Waals surface area contributed by atoms with E-state index in [0.717, 1.165) is 66.7 Å². The standard InChI is InChI=1S/C34H37FN4O4S2/c35-28-15-22(9-10-32(28)45(36,42)43)19-39-30(18-27(31(39)16-21-7-8-21)33-37-29(20-44-33)34(40)41)25-5-2-6-26(17-25)38-13-11-24(12-14-38)23-3-1-4-23/h2,5-6,9-10,15,17-18,20-21,23-24H,1,3-4,7-8,11-14,16,19H2,(H,40,41)(H2,36,42,43). The van der Waals surface area contributed by atoms with E-state index in [1.165, 1.54) is 61.3 Å². The van der Waals surface area contributed by atoms with Crippen molar-refractivity contribution in [3.8, 4) is 21.8 Å². The third-order valence-corrected chi connectivity index (χ3v) is 11.7. The zero-order valence-corrected chi connectivity index (χ0v) is 26.6. The molecule has 2 saturated carbocycles. The number of piperidine rings is 1. The number of anilines is 1. The molecule has 11 heteroatoms. The molecule has 3 N–H and O–H groups in total. The van der Waals surface area contributed by atoms with Gasteiger partial charge in [-0.2, -0.15) is 0 Å². The average Bonchev–Trinajstić information content (AvgIpc) is 3.54. The fourth-order valence-electron chi connectivity index (χ4n) is 6.96. The first kappa shape index (κ1) is 30.1. The number of carboxylic acids is 1. The normalized spacial score (nSPS) is 17.9. The lowest BCUT2D eigenvalue weighted by atomic mass is 9.72. The first-order valence-corrected chi connectivity index (χ1v) is 18.1. The molecule has 1 saturated heterocycles. The monoisotopic (exact) mass is 648 g/mol. The molecule has 8 nitrogen and oxygen atoms in total. The van der Waals surface area contributed by atoms with Gasteiger partial charge in [0.1, 0.15) is 15.7 Å². The summed E-state index contributed by atoms with van der Waals surface area (Å²) >= 11 is 1.30. The summed E-state index contributed by atoms with van der Waals surface area (Å²) in [7, 11) is -4.19. The van der Waals surface area contributed by atoms with Gasteiger partial charge in [0, 0.05) is 53.2 Å². The van der Waals surface area contributed by atoms with Crippen LogP contribution in [0.5, 0.6) is 0 Å². The lowest BCUT2D eigenvalue weighted by Gasteiger charge is -2.40. The van der Waals surface area contributed by atoms with E-state index in [1.54, 1.807) is 11.4 Å². The van der Waals surface area contributed by atoms with Crippen molar-refractivity contribution < 1.29 is 22.7 Å². The number of primary sulfonamides is 1. The van der Waals surface area contributed by atoms with Crippen LogP contribution in [-0.2, 0) is 23.0 Å². The Bertz CT molecular complexity index is 1850. The summed E-state index contributed by atoms with van der Waals surface area (Å²) in [6.45, 7) is 2.38. The molecule has 2 aromatic heterocycles. The van der Waals surface area contributed by atoms with Crippen LogP contribution < -0.4 is 10.0 Å². The fourth-order valence-corrected chi connectivity index (χ4v) is 8.38. The van der Waals surface area contributed by atoms with Crippen molar-refractivity contribution in [3.05, 3.63) is 76.7 Å². The molecular weight excluding hydrogens is 612 g/mol. The van der Waals surface area contributed by atoms with Gasteiger partial charge in [0.2, 0.25) is 10.0 Å². The van der Waals surface area contributed by atoms with Gasteiger partial charge in [-0.1, -0.05) is 37.5 Å². The molecule has 0 unspecified atom stereocenters. The average molecular weight is 649 g/mol. The maximum Gasteiger partial charge on any atom is 0.355 e. The minimum Gasteiger partial charge on any atom is -0.476 e. The van der Waals surface area contributed by atoms with E-state index in [9.17, 15) is 22.7 Å². The summed E-state index contributed by atoms with van der Waals surface area (Å²) in [5.41, 5.74) is 5.60. The maximum atomic E-state index is 15.0. The minimum atomic E-state index is -4.19.